The van der Waals surface area contributed by atoms with Crippen LogP contribution in [0.3, 0.4) is 0 Å². The van der Waals surface area contributed by atoms with Gasteiger partial charge in [-0.25, -0.2) is 4.79 Å². The highest BCUT2D eigenvalue weighted by molar-refractivity contribution is 7.12. The van der Waals surface area contributed by atoms with Gasteiger partial charge >= 0.3 is 5.63 Å². The average molecular weight is 345 g/mol. The summed E-state index contributed by atoms with van der Waals surface area (Å²) in [6.07, 6.45) is 3.14. The molecule has 3 rings (SSSR count). The quantitative estimate of drug-likeness (QED) is 0.709. The molecular formula is C14H11N5O4S. The van der Waals surface area contributed by atoms with Crippen molar-refractivity contribution in [1.29, 1.82) is 0 Å². The molecule has 3 aromatic heterocycles. The van der Waals surface area contributed by atoms with Crippen LogP contribution in [0.5, 0.6) is 5.75 Å². The van der Waals surface area contributed by atoms with Crippen LogP contribution in [-0.4, -0.2) is 28.2 Å². The highest BCUT2D eigenvalue weighted by Crippen LogP contribution is 2.38. The number of methoxy groups -OCH3 is 1. The van der Waals surface area contributed by atoms with E-state index in [0.29, 0.717) is 10.7 Å². The Morgan fingerprint density at radius 3 is 2.88 bits per heavy atom. The van der Waals surface area contributed by atoms with Gasteiger partial charge in [0.05, 0.1) is 24.6 Å². The molecule has 0 saturated carbocycles. The van der Waals surface area contributed by atoms with Gasteiger partial charge in [0.15, 0.2) is 5.01 Å². The first-order chi connectivity index (χ1) is 11.6. The second-order valence-corrected chi connectivity index (χ2v) is 5.31. The summed E-state index contributed by atoms with van der Waals surface area (Å²) >= 11 is 1.15. The van der Waals surface area contributed by atoms with Crippen LogP contribution in [0.15, 0.2) is 39.2 Å². The zero-order chi connectivity index (χ0) is 17.1. The number of rotatable bonds is 5. The van der Waals surface area contributed by atoms with E-state index < -0.39 is 11.5 Å². The Bertz CT molecular complexity index is 924. The molecule has 3 N–H and O–H groups in total. The van der Waals surface area contributed by atoms with Gasteiger partial charge in [0.25, 0.3) is 5.91 Å². The lowest BCUT2D eigenvalue weighted by Gasteiger charge is -2.14. The fraction of sp³-hybridized carbons (Fsp3) is 0.0714. The van der Waals surface area contributed by atoms with E-state index in [4.69, 9.17) is 14.9 Å². The fourth-order valence-corrected chi connectivity index (χ4v) is 2.67. The molecule has 24 heavy (non-hydrogen) atoms. The summed E-state index contributed by atoms with van der Waals surface area (Å²) in [6.45, 7) is 0. The monoisotopic (exact) mass is 345 g/mol. The van der Waals surface area contributed by atoms with Gasteiger partial charge in [-0.05, 0) is 12.1 Å². The fourth-order valence-electron chi connectivity index (χ4n) is 2.06. The minimum Gasteiger partial charge on any atom is -0.488 e. The summed E-state index contributed by atoms with van der Waals surface area (Å²) in [5, 5.41) is 11.0. The van der Waals surface area contributed by atoms with Gasteiger partial charge < -0.3 is 20.2 Å². The van der Waals surface area contributed by atoms with Gasteiger partial charge in [0, 0.05) is 6.20 Å². The Morgan fingerprint density at radius 1 is 1.46 bits per heavy atom. The minimum atomic E-state index is -0.908. The number of ether oxygens (including phenoxy) is 1. The summed E-state index contributed by atoms with van der Waals surface area (Å²) in [4.78, 5) is 27.8. The number of hydrogen-bond acceptors (Lipinski definition) is 9. The first-order valence-electron chi connectivity index (χ1n) is 6.60. The third-order valence-corrected chi connectivity index (χ3v) is 3.73. The summed E-state index contributed by atoms with van der Waals surface area (Å²) in [7, 11) is 1.31. The molecule has 0 aromatic carbocycles. The van der Waals surface area contributed by atoms with E-state index in [1.165, 1.54) is 12.6 Å². The van der Waals surface area contributed by atoms with Gasteiger partial charge in [0.1, 0.15) is 11.2 Å². The number of nitrogens with two attached hydrogens (primary N) is 1. The van der Waals surface area contributed by atoms with Gasteiger partial charge in [0.2, 0.25) is 11.5 Å². The molecule has 0 aliphatic heterocycles. The van der Waals surface area contributed by atoms with Crippen LogP contribution < -0.4 is 21.4 Å². The summed E-state index contributed by atoms with van der Waals surface area (Å²) in [5.74, 6) is -1.35. The Labute approximate surface area is 139 Å². The second kappa shape index (κ2) is 6.46. The van der Waals surface area contributed by atoms with E-state index in [9.17, 15) is 9.59 Å². The Morgan fingerprint density at radius 2 is 2.29 bits per heavy atom. The number of hydrogen-bond donors (Lipinski definition) is 2. The van der Waals surface area contributed by atoms with Crippen LogP contribution in [0.2, 0.25) is 0 Å². The lowest BCUT2D eigenvalue weighted by atomic mass is 10.1. The van der Waals surface area contributed by atoms with Gasteiger partial charge in [-0.15, -0.1) is 10.2 Å². The number of carbonyl (C=O) groups is 1. The standard InChI is InChI=1S/C14H11N5O4S/c1-22-11-9(18-7-3-2-4-16-5-7)8(13-19-17-6-24-13)10(12(15)20)23-14(11)21/h2-6,18H,1H3,(H2,15,20). The van der Waals surface area contributed by atoms with Crippen molar-refractivity contribution in [3.8, 4) is 16.3 Å². The number of primary amides is 1. The second-order valence-electron chi connectivity index (χ2n) is 4.48. The summed E-state index contributed by atoms with van der Waals surface area (Å²) in [6, 6.07) is 3.44. The molecule has 0 bridgehead atoms. The van der Waals surface area contributed by atoms with Crippen LogP contribution in [0, 0.1) is 0 Å². The highest BCUT2D eigenvalue weighted by Gasteiger charge is 2.27. The van der Waals surface area contributed by atoms with Crippen molar-refractivity contribution >= 4 is 28.6 Å². The number of nitrogens with one attached hydrogen (secondary N) is 1. The van der Waals surface area contributed by atoms with Crippen molar-refractivity contribution in [2.24, 2.45) is 5.73 Å². The summed E-state index contributed by atoms with van der Waals surface area (Å²) in [5.41, 5.74) is 6.96. The molecule has 1 amide bonds. The van der Waals surface area contributed by atoms with Crippen molar-refractivity contribution in [2.45, 2.75) is 0 Å². The largest absolute Gasteiger partial charge is 0.488 e. The molecule has 3 heterocycles. The van der Waals surface area contributed by atoms with Crippen molar-refractivity contribution in [3.63, 3.8) is 0 Å². The topological polar surface area (TPSA) is 133 Å². The molecule has 0 atom stereocenters. The van der Waals surface area contributed by atoms with Gasteiger partial charge in [-0.2, -0.15) is 0 Å². The first-order valence-corrected chi connectivity index (χ1v) is 7.48. The van der Waals surface area contributed by atoms with Crippen LogP contribution in [0.4, 0.5) is 11.4 Å². The van der Waals surface area contributed by atoms with Crippen LogP contribution in [0.25, 0.3) is 10.6 Å². The van der Waals surface area contributed by atoms with Crippen molar-refractivity contribution in [1.82, 2.24) is 15.2 Å². The number of nitrogens with zero attached hydrogens (tertiary/aromatic N) is 3. The normalized spacial score (nSPS) is 10.4. The SMILES string of the molecule is COc1c(Nc2cccnc2)c(-c2nncs2)c(C(N)=O)oc1=O. The van der Waals surface area contributed by atoms with Crippen LogP contribution in [0.1, 0.15) is 10.6 Å². The van der Waals surface area contributed by atoms with Gasteiger partial charge in [-0.1, -0.05) is 11.3 Å². The first kappa shape index (κ1) is 15.6. The molecule has 0 unspecified atom stereocenters. The van der Waals surface area contributed by atoms with E-state index in [0.717, 1.165) is 11.3 Å². The molecule has 9 nitrogen and oxygen atoms in total. The predicted molar refractivity (Wildman–Crippen MR) is 86.5 cm³/mol. The Hall–Kier alpha value is -3.27. The lowest BCUT2D eigenvalue weighted by Crippen LogP contribution is -2.19. The molecule has 10 heteroatoms. The van der Waals surface area contributed by atoms with Gasteiger partial charge in [-0.3, -0.25) is 9.78 Å². The molecule has 0 spiro atoms. The molecule has 3 aromatic rings. The number of carbonyl (C=O) groups excluding carboxylic acids is 1. The minimum absolute atomic E-state index is 0.117. The number of amides is 1. The molecule has 0 aliphatic rings. The number of aromatic nitrogens is 3. The van der Waals surface area contributed by atoms with Crippen molar-refractivity contribution < 1.29 is 13.9 Å². The summed E-state index contributed by atoms with van der Waals surface area (Å²) < 4.78 is 10.2. The zero-order valence-electron chi connectivity index (χ0n) is 12.3. The molecule has 0 fully saturated rings. The van der Waals surface area contributed by atoms with Crippen LogP contribution >= 0.6 is 11.3 Å². The molecule has 122 valence electrons. The molecule has 0 radical (unpaired) electrons. The van der Waals surface area contributed by atoms with E-state index in [2.05, 4.69) is 20.5 Å². The Kier molecular flexibility index (Phi) is 4.20. The number of pyridine rings is 1. The average Bonchev–Trinajstić information content (AvgIpc) is 3.09. The van der Waals surface area contributed by atoms with E-state index in [-0.39, 0.29) is 22.8 Å². The van der Waals surface area contributed by atoms with Crippen molar-refractivity contribution in [2.75, 3.05) is 12.4 Å². The predicted octanol–water partition coefficient (Wildman–Crippen LogP) is 1.40. The highest BCUT2D eigenvalue weighted by atomic mass is 32.1. The third-order valence-electron chi connectivity index (χ3n) is 3.02. The smallest absolute Gasteiger partial charge is 0.381 e. The van der Waals surface area contributed by atoms with Crippen LogP contribution in [-0.2, 0) is 0 Å². The lowest BCUT2D eigenvalue weighted by molar-refractivity contribution is 0.0970. The molecular weight excluding hydrogens is 334 g/mol. The number of anilines is 2. The maximum atomic E-state index is 12.1. The molecule has 0 saturated heterocycles. The Balaban J connectivity index is 2.31. The maximum Gasteiger partial charge on any atom is 0.381 e. The van der Waals surface area contributed by atoms with E-state index >= 15 is 0 Å². The van der Waals surface area contributed by atoms with Crippen molar-refractivity contribution in [3.05, 3.63) is 46.2 Å². The zero-order valence-corrected chi connectivity index (χ0v) is 13.2. The van der Waals surface area contributed by atoms with E-state index in [1.54, 1.807) is 24.5 Å². The maximum absolute atomic E-state index is 12.1. The molecule has 0 aliphatic carbocycles. The third kappa shape index (κ3) is 2.82. The van der Waals surface area contributed by atoms with E-state index in [1.807, 2.05) is 0 Å².